The van der Waals surface area contributed by atoms with E-state index >= 15 is 0 Å². The molecule has 7 nitrogen and oxygen atoms in total. The minimum atomic E-state index is -0.497. The molecule has 2 aromatic rings. The minimum Gasteiger partial charge on any atom is -0.497 e. The first-order valence-corrected chi connectivity index (χ1v) is 8.14. The highest BCUT2D eigenvalue weighted by Gasteiger charge is 2.17. The molecule has 0 unspecified atom stereocenters. The van der Waals surface area contributed by atoms with Gasteiger partial charge in [-0.1, -0.05) is 19.1 Å². The molecule has 0 aliphatic carbocycles. The lowest BCUT2D eigenvalue weighted by Crippen LogP contribution is -2.38. The second-order valence-corrected chi connectivity index (χ2v) is 5.83. The summed E-state index contributed by atoms with van der Waals surface area (Å²) in [5.41, 5.74) is 0.285. The molecule has 0 bridgehead atoms. The molecule has 7 heteroatoms. The van der Waals surface area contributed by atoms with Gasteiger partial charge in [-0.3, -0.25) is 14.2 Å². The van der Waals surface area contributed by atoms with Crippen molar-refractivity contribution in [2.75, 3.05) is 13.7 Å². The Hall–Kier alpha value is -2.83. The van der Waals surface area contributed by atoms with Crippen molar-refractivity contribution in [3.63, 3.8) is 0 Å². The van der Waals surface area contributed by atoms with Crippen LogP contribution in [0.2, 0.25) is 0 Å². The fourth-order valence-electron chi connectivity index (χ4n) is 2.57. The van der Waals surface area contributed by atoms with Crippen LogP contribution in [0, 0.1) is 0 Å². The third-order valence-electron chi connectivity index (χ3n) is 3.95. The third-order valence-corrected chi connectivity index (χ3v) is 3.95. The molecule has 0 aliphatic rings. The van der Waals surface area contributed by atoms with E-state index in [4.69, 9.17) is 4.74 Å². The topological polar surface area (TPSA) is 84.4 Å². The number of amides is 1. The van der Waals surface area contributed by atoms with Gasteiger partial charge in [-0.05, 0) is 24.1 Å². The summed E-state index contributed by atoms with van der Waals surface area (Å²) in [6.45, 7) is 3.01. The lowest BCUT2D eigenvalue weighted by molar-refractivity contribution is -0.131. The van der Waals surface area contributed by atoms with Gasteiger partial charge in [0.25, 0.3) is 5.56 Å². The van der Waals surface area contributed by atoms with Crippen molar-refractivity contribution in [2.24, 2.45) is 7.05 Å². The van der Waals surface area contributed by atoms with Crippen LogP contribution >= 0.6 is 0 Å². The van der Waals surface area contributed by atoms with Gasteiger partial charge in [0.2, 0.25) is 5.91 Å². The Labute approximate surface area is 145 Å². The number of carbonyl (C=O) groups is 1. The van der Waals surface area contributed by atoms with Crippen LogP contribution in [0.5, 0.6) is 5.75 Å². The number of rotatable bonds is 7. The van der Waals surface area contributed by atoms with E-state index in [9.17, 15) is 14.4 Å². The monoisotopic (exact) mass is 345 g/mol. The molecule has 1 aromatic carbocycles. The normalized spacial score (nSPS) is 10.5. The Balaban J connectivity index is 2.19. The average Bonchev–Trinajstić information content (AvgIpc) is 2.62. The molecular weight excluding hydrogens is 322 g/mol. The molecule has 1 heterocycles. The van der Waals surface area contributed by atoms with E-state index in [0.717, 1.165) is 22.3 Å². The van der Waals surface area contributed by atoms with Crippen LogP contribution in [0.3, 0.4) is 0 Å². The maximum absolute atomic E-state index is 12.7. The van der Waals surface area contributed by atoms with Crippen LogP contribution in [0.25, 0.3) is 0 Å². The Morgan fingerprint density at radius 2 is 2.08 bits per heavy atom. The predicted octanol–water partition coefficient (Wildman–Crippen LogP) is 1.06. The second-order valence-electron chi connectivity index (χ2n) is 5.83. The zero-order chi connectivity index (χ0) is 18.4. The van der Waals surface area contributed by atoms with Crippen molar-refractivity contribution >= 4 is 5.91 Å². The van der Waals surface area contributed by atoms with Gasteiger partial charge in [-0.25, -0.2) is 4.79 Å². The number of aromatic amines is 1. The van der Waals surface area contributed by atoms with Gasteiger partial charge in [0.1, 0.15) is 5.75 Å². The van der Waals surface area contributed by atoms with E-state index in [2.05, 4.69) is 4.98 Å². The SMILES string of the molecule is CCCN(Cc1cccc(OC)c1)C(=O)Cc1c[nH]c(=O)n(C)c1=O. The largest absolute Gasteiger partial charge is 0.497 e. The van der Waals surface area contributed by atoms with E-state index in [-0.39, 0.29) is 17.9 Å². The van der Waals surface area contributed by atoms with E-state index in [1.165, 1.54) is 13.2 Å². The van der Waals surface area contributed by atoms with Crippen molar-refractivity contribution in [3.8, 4) is 5.75 Å². The second kappa shape index (κ2) is 8.32. The van der Waals surface area contributed by atoms with Gasteiger partial charge in [-0.15, -0.1) is 0 Å². The molecule has 0 fully saturated rings. The quantitative estimate of drug-likeness (QED) is 0.813. The number of hydrogen-bond donors (Lipinski definition) is 1. The van der Waals surface area contributed by atoms with E-state index < -0.39 is 11.2 Å². The lowest BCUT2D eigenvalue weighted by atomic mass is 10.1. The minimum absolute atomic E-state index is 0.0482. The highest BCUT2D eigenvalue weighted by molar-refractivity contribution is 5.78. The first kappa shape index (κ1) is 18.5. The van der Waals surface area contributed by atoms with Crippen molar-refractivity contribution < 1.29 is 9.53 Å². The summed E-state index contributed by atoms with van der Waals surface area (Å²) in [6, 6.07) is 7.53. The predicted molar refractivity (Wildman–Crippen MR) is 94.7 cm³/mol. The van der Waals surface area contributed by atoms with Crippen molar-refractivity contribution in [1.29, 1.82) is 0 Å². The molecule has 0 spiro atoms. The van der Waals surface area contributed by atoms with E-state index in [0.29, 0.717) is 13.1 Å². The molecule has 25 heavy (non-hydrogen) atoms. The number of H-pyrrole nitrogens is 1. The number of aromatic nitrogens is 2. The molecule has 1 aromatic heterocycles. The van der Waals surface area contributed by atoms with Crippen LogP contribution in [0.15, 0.2) is 40.1 Å². The molecule has 0 saturated heterocycles. The fourth-order valence-corrected chi connectivity index (χ4v) is 2.57. The number of nitrogens with zero attached hydrogens (tertiary/aromatic N) is 2. The molecule has 2 rings (SSSR count). The van der Waals surface area contributed by atoms with Crippen molar-refractivity contribution in [2.45, 2.75) is 26.3 Å². The summed E-state index contributed by atoms with van der Waals surface area (Å²) in [5, 5.41) is 0. The maximum Gasteiger partial charge on any atom is 0.328 e. The van der Waals surface area contributed by atoms with Crippen LogP contribution in [-0.2, 0) is 24.8 Å². The molecule has 134 valence electrons. The third kappa shape index (κ3) is 4.59. The highest BCUT2D eigenvalue weighted by Crippen LogP contribution is 2.15. The Morgan fingerprint density at radius 1 is 1.32 bits per heavy atom. The standard InChI is InChI=1S/C18H23N3O4/c1-4-8-21(12-13-6-5-7-15(9-13)25-3)16(22)10-14-11-19-18(24)20(2)17(14)23/h5-7,9,11H,4,8,10,12H2,1-3H3,(H,19,24). The molecule has 0 radical (unpaired) electrons. The molecule has 0 saturated carbocycles. The van der Waals surface area contributed by atoms with Gasteiger partial charge >= 0.3 is 5.69 Å². The Kier molecular flexibility index (Phi) is 6.16. The molecule has 1 N–H and O–H groups in total. The van der Waals surface area contributed by atoms with Gasteiger partial charge in [0.05, 0.1) is 13.5 Å². The van der Waals surface area contributed by atoms with Crippen molar-refractivity contribution in [1.82, 2.24) is 14.5 Å². The zero-order valence-electron chi connectivity index (χ0n) is 14.7. The van der Waals surface area contributed by atoms with Gasteiger partial charge in [0, 0.05) is 31.9 Å². The first-order chi connectivity index (χ1) is 12.0. The summed E-state index contributed by atoms with van der Waals surface area (Å²) < 4.78 is 6.18. The van der Waals surface area contributed by atoms with Crippen LogP contribution in [0.4, 0.5) is 0 Å². The zero-order valence-corrected chi connectivity index (χ0v) is 14.7. The smallest absolute Gasteiger partial charge is 0.328 e. The fraction of sp³-hybridized carbons (Fsp3) is 0.389. The number of nitrogens with one attached hydrogen (secondary N) is 1. The Morgan fingerprint density at radius 3 is 2.76 bits per heavy atom. The molecule has 1 amide bonds. The number of carbonyl (C=O) groups excluding carboxylic acids is 1. The molecule has 0 aliphatic heterocycles. The summed E-state index contributed by atoms with van der Waals surface area (Å²) in [7, 11) is 2.98. The number of benzene rings is 1. The molecule has 0 atom stereocenters. The summed E-state index contributed by atoms with van der Waals surface area (Å²) in [4.78, 5) is 40.4. The average molecular weight is 345 g/mol. The van der Waals surface area contributed by atoms with Crippen LogP contribution in [-0.4, -0.2) is 34.0 Å². The number of hydrogen-bond acceptors (Lipinski definition) is 4. The van der Waals surface area contributed by atoms with Gasteiger partial charge in [0.15, 0.2) is 0 Å². The van der Waals surface area contributed by atoms with Crippen LogP contribution < -0.4 is 16.0 Å². The lowest BCUT2D eigenvalue weighted by Gasteiger charge is -2.22. The number of ether oxygens (including phenoxy) is 1. The molecular formula is C18H23N3O4. The van der Waals surface area contributed by atoms with Gasteiger partial charge in [-0.2, -0.15) is 0 Å². The first-order valence-electron chi connectivity index (χ1n) is 8.14. The Bertz CT molecular complexity index is 854. The van der Waals surface area contributed by atoms with E-state index in [1.807, 2.05) is 31.2 Å². The van der Waals surface area contributed by atoms with Crippen LogP contribution in [0.1, 0.15) is 24.5 Å². The summed E-state index contributed by atoms with van der Waals surface area (Å²) in [6.07, 6.45) is 2.07. The number of methoxy groups -OCH3 is 1. The van der Waals surface area contributed by atoms with Gasteiger partial charge < -0.3 is 14.6 Å². The summed E-state index contributed by atoms with van der Waals surface area (Å²) in [5.74, 6) is 0.574. The highest BCUT2D eigenvalue weighted by atomic mass is 16.5. The van der Waals surface area contributed by atoms with E-state index in [1.54, 1.807) is 12.0 Å². The van der Waals surface area contributed by atoms with Crippen molar-refractivity contribution in [3.05, 3.63) is 62.4 Å². The summed E-state index contributed by atoms with van der Waals surface area (Å²) >= 11 is 0. The maximum atomic E-state index is 12.7.